The molecule has 95 valence electrons. The Hall–Kier alpha value is -2.09. The minimum absolute atomic E-state index is 0.0998. The van der Waals surface area contributed by atoms with Crippen LogP contribution in [0.5, 0.6) is 0 Å². The number of nitrogens with zero attached hydrogens (tertiary/aromatic N) is 1. The number of benzene rings is 2. The molecule has 0 atom stereocenters. The number of rotatable bonds is 3. The van der Waals surface area contributed by atoms with Gasteiger partial charge in [0.2, 0.25) is 0 Å². The average Bonchev–Trinajstić information content (AvgIpc) is 2.78. The summed E-state index contributed by atoms with van der Waals surface area (Å²) in [6.07, 6.45) is 3.19. The van der Waals surface area contributed by atoms with E-state index in [0.29, 0.717) is 6.54 Å². The Morgan fingerprint density at radius 2 is 1.84 bits per heavy atom. The largest absolute Gasteiger partial charge is 0.304 e. The van der Waals surface area contributed by atoms with Gasteiger partial charge in [-0.3, -0.25) is 4.79 Å². The van der Waals surface area contributed by atoms with Crippen LogP contribution in [0.4, 0.5) is 5.69 Å². The third-order valence-electron chi connectivity index (χ3n) is 3.47. The number of hydrogen-bond donors (Lipinski definition) is 0. The van der Waals surface area contributed by atoms with Gasteiger partial charge in [-0.25, -0.2) is 0 Å². The molecule has 2 aromatic carbocycles. The zero-order valence-corrected chi connectivity index (χ0v) is 11.0. The third-order valence-corrected chi connectivity index (χ3v) is 3.47. The SMILES string of the molecule is CC[CH]c1ccc(N2Cc3ccccc3C2=O)cc1. The van der Waals surface area contributed by atoms with E-state index < -0.39 is 0 Å². The van der Waals surface area contributed by atoms with Crippen molar-refractivity contribution < 1.29 is 4.79 Å². The highest BCUT2D eigenvalue weighted by Gasteiger charge is 2.27. The first-order valence-corrected chi connectivity index (χ1v) is 6.62. The van der Waals surface area contributed by atoms with Crippen molar-refractivity contribution in [2.24, 2.45) is 0 Å². The van der Waals surface area contributed by atoms with Gasteiger partial charge >= 0.3 is 0 Å². The number of carbonyl (C=O) groups is 1. The Bertz CT molecular complexity index is 601. The lowest BCUT2D eigenvalue weighted by molar-refractivity contribution is 0.0996. The van der Waals surface area contributed by atoms with E-state index in [1.165, 1.54) is 5.56 Å². The van der Waals surface area contributed by atoms with Crippen molar-refractivity contribution in [1.29, 1.82) is 0 Å². The topological polar surface area (TPSA) is 20.3 Å². The van der Waals surface area contributed by atoms with Crippen LogP contribution < -0.4 is 4.90 Å². The smallest absolute Gasteiger partial charge is 0.258 e. The van der Waals surface area contributed by atoms with Crippen LogP contribution in [0, 0.1) is 6.42 Å². The molecule has 2 aromatic rings. The van der Waals surface area contributed by atoms with Gasteiger partial charge in [0.15, 0.2) is 0 Å². The molecule has 0 aromatic heterocycles. The molecular weight excluding hydrogens is 234 g/mol. The Kier molecular flexibility index (Phi) is 3.08. The molecule has 0 bridgehead atoms. The predicted octanol–water partition coefficient (Wildman–Crippen LogP) is 3.81. The molecule has 0 spiro atoms. The van der Waals surface area contributed by atoms with Crippen molar-refractivity contribution in [3.8, 4) is 0 Å². The lowest BCUT2D eigenvalue weighted by Crippen LogP contribution is -2.22. The molecule has 1 radical (unpaired) electrons. The number of fused-ring (bicyclic) bond motifs is 1. The van der Waals surface area contributed by atoms with Crippen LogP contribution in [0.1, 0.15) is 34.8 Å². The molecule has 1 aliphatic rings. The van der Waals surface area contributed by atoms with Gasteiger partial charge in [-0.1, -0.05) is 37.3 Å². The maximum atomic E-state index is 12.3. The van der Waals surface area contributed by atoms with Crippen molar-refractivity contribution in [2.75, 3.05) is 4.90 Å². The lowest BCUT2D eigenvalue weighted by Gasteiger charge is -2.16. The minimum atomic E-state index is 0.0998. The van der Waals surface area contributed by atoms with Crippen molar-refractivity contribution >= 4 is 11.6 Å². The third kappa shape index (κ3) is 2.14. The second kappa shape index (κ2) is 4.88. The zero-order chi connectivity index (χ0) is 13.2. The monoisotopic (exact) mass is 250 g/mol. The molecule has 0 saturated heterocycles. The van der Waals surface area contributed by atoms with Crippen molar-refractivity contribution in [3.63, 3.8) is 0 Å². The standard InChI is InChI=1S/C17H16NO/c1-2-5-13-8-10-15(11-9-13)18-12-14-6-3-4-7-16(14)17(18)19/h3-11H,2,12H2,1H3. The van der Waals surface area contributed by atoms with Crippen molar-refractivity contribution in [1.82, 2.24) is 0 Å². The van der Waals surface area contributed by atoms with Crippen LogP contribution in [0.25, 0.3) is 0 Å². The van der Waals surface area contributed by atoms with Crippen molar-refractivity contribution in [3.05, 3.63) is 71.6 Å². The summed E-state index contributed by atoms with van der Waals surface area (Å²) in [7, 11) is 0. The van der Waals surface area contributed by atoms with E-state index in [1.54, 1.807) is 0 Å². The molecule has 1 amide bonds. The highest BCUT2D eigenvalue weighted by atomic mass is 16.2. The molecule has 19 heavy (non-hydrogen) atoms. The van der Waals surface area contributed by atoms with E-state index >= 15 is 0 Å². The first-order valence-electron chi connectivity index (χ1n) is 6.62. The summed E-state index contributed by atoms with van der Waals surface area (Å²) in [4.78, 5) is 14.2. The molecule has 0 unspecified atom stereocenters. The van der Waals surface area contributed by atoms with Crippen LogP contribution in [0.2, 0.25) is 0 Å². The predicted molar refractivity (Wildman–Crippen MR) is 77.1 cm³/mol. The second-order valence-corrected chi connectivity index (χ2v) is 4.75. The van der Waals surface area contributed by atoms with E-state index in [1.807, 2.05) is 41.3 Å². The minimum Gasteiger partial charge on any atom is -0.304 e. The zero-order valence-electron chi connectivity index (χ0n) is 11.0. The molecule has 1 heterocycles. The highest BCUT2D eigenvalue weighted by Crippen LogP contribution is 2.28. The fraction of sp³-hybridized carbons (Fsp3) is 0.176. The van der Waals surface area contributed by atoms with Crippen LogP contribution >= 0.6 is 0 Å². The molecular formula is C17H16NO. The molecule has 0 saturated carbocycles. The van der Waals surface area contributed by atoms with Crippen LogP contribution in [0.15, 0.2) is 48.5 Å². The van der Waals surface area contributed by atoms with E-state index in [0.717, 1.165) is 23.2 Å². The maximum absolute atomic E-state index is 12.3. The van der Waals surface area contributed by atoms with Crippen LogP contribution in [-0.4, -0.2) is 5.91 Å². The average molecular weight is 250 g/mol. The molecule has 3 rings (SSSR count). The van der Waals surface area contributed by atoms with Crippen LogP contribution in [-0.2, 0) is 6.54 Å². The van der Waals surface area contributed by atoms with Gasteiger partial charge in [0.05, 0.1) is 6.54 Å². The van der Waals surface area contributed by atoms with Gasteiger partial charge < -0.3 is 4.90 Å². The van der Waals surface area contributed by atoms with Gasteiger partial charge in [-0.15, -0.1) is 0 Å². The summed E-state index contributed by atoms with van der Waals surface area (Å²) < 4.78 is 0. The summed E-state index contributed by atoms with van der Waals surface area (Å²) in [6.45, 7) is 2.79. The van der Waals surface area contributed by atoms with Crippen LogP contribution in [0.3, 0.4) is 0 Å². The first-order chi connectivity index (χ1) is 9.29. The highest BCUT2D eigenvalue weighted by molar-refractivity contribution is 6.09. The maximum Gasteiger partial charge on any atom is 0.258 e. The Morgan fingerprint density at radius 1 is 1.11 bits per heavy atom. The van der Waals surface area contributed by atoms with Gasteiger partial charge in [0, 0.05) is 11.3 Å². The fourth-order valence-corrected chi connectivity index (χ4v) is 2.49. The Balaban J connectivity index is 1.87. The van der Waals surface area contributed by atoms with Gasteiger partial charge in [-0.05, 0) is 42.2 Å². The quantitative estimate of drug-likeness (QED) is 0.811. The van der Waals surface area contributed by atoms with E-state index in [2.05, 4.69) is 25.5 Å². The summed E-state index contributed by atoms with van der Waals surface area (Å²) in [5, 5.41) is 0. The molecule has 2 nitrogen and oxygen atoms in total. The van der Waals surface area contributed by atoms with E-state index in [9.17, 15) is 4.79 Å². The number of amides is 1. The van der Waals surface area contributed by atoms with Gasteiger partial charge in [0.1, 0.15) is 0 Å². The number of hydrogen-bond acceptors (Lipinski definition) is 1. The Morgan fingerprint density at radius 3 is 2.53 bits per heavy atom. The van der Waals surface area contributed by atoms with E-state index in [-0.39, 0.29) is 5.91 Å². The fourth-order valence-electron chi connectivity index (χ4n) is 2.49. The molecule has 1 aliphatic heterocycles. The molecule has 0 N–H and O–H groups in total. The molecule has 0 aliphatic carbocycles. The van der Waals surface area contributed by atoms with Gasteiger partial charge in [0.25, 0.3) is 5.91 Å². The molecule has 0 fully saturated rings. The summed E-state index contributed by atoms with van der Waals surface area (Å²) >= 11 is 0. The lowest BCUT2D eigenvalue weighted by atomic mass is 10.1. The summed E-state index contributed by atoms with van der Waals surface area (Å²) in [5.74, 6) is 0.0998. The Labute approximate surface area is 113 Å². The molecule has 2 heteroatoms. The first kappa shape index (κ1) is 12.0. The normalized spacial score (nSPS) is 13.7. The van der Waals surface area contributed by atoms with E-state index in [4.69, 9.17) is 0 Å². The number of carbonyl (C=O) groups excluding carboxylic acids is 1. The number of anilines is 1. The van der Waals surface area contributed by atoms with Crippen molar-refractivity contribution in [2.45, 2.75) is 19.9 Å². The summed E-state index contributed by atoms with van der Waals surface area (Å²) in [6, 6.07) is 16.0. The van der Waals surface area contributed by atoms with Gasteiger partial charge in [-0.2, -0.15) is 0 Å². The second-order valence-electron chi connectivity index (χ2n) is 4.75. The summed E-state index contributed by atoms with van der Waals surface area (Å²) in [5.41, 5.74) is 4.10.